The van der Waals surface area contributed by atoms with Gasteiger partial charge in [0, 0.05) is 12.5 Å². The van der Waals surface area contributed by atoms with Gasteiger partial charge < -0.3 is 26.0 Å². The van der Waals surface area contributed by atoms with Crippen LogP contribution in [0, 0.1) is 18.8 Å². The molecule has 2 aliphatic rings. The Hall–Kier alpha value is -2.33. The van der Waals surface area contributed by atoms with Gasteiger partial charge in [-0.1, -0.05) is 19.1 Å². The highest BCUT2D eigenvalue weighted by Crippen LogP contribution is 2.44. The Morgan fingerprint density at radius 3 is 2.52 bits per heavy atom. The van der Waals surface area contributed by atoms with Crippen molar-refractivity contribution in [2.75, 3.05) is 18.1 Å². The molecule has 2 aromatic heterocycles. The molecule has 0 bridgehead atoms. The van der Waals surface area contributed by atoms with Crippen molar-refractivity contribution in [3.63, 3.8) is 0 Å². The number of hydrogen-bond acceptors (Lipinski definition) is 9. The average Bonchev–Trinajstić information content (AvgIpc) is 3.33. The number of anilines is 2. The zero-order valence-corrected chi connectivity index (χ0v) is 19.0. The van der Waals surface area contributed by atoms with E-state index in [1.54, 1.807) is 11.3 Å². The molecule has 1 saturated carbocycles. The SMILES string of the molecule is C[C@@H]1CC(CO)[C@H]2OC(C)(C)O[C@@H]12.Cc1nc(N)nc(N)c1-c1nc2ccccc2s1. The molecule has 9 heteroatoms. The molecule has 1 unspecified atom stereocenters. The molecule has 166 valence electrons. The van der Waals surface area contributed by atoms with Gasteiger partial charge in [0.2, 0.25) is 5.95 Å². The first-order valence-corrected chi connectivity index (χ1v) is 11.2. The number of para-hydroxylation sites is 1. The summed E-state index contributed by atoms with van der Waals surface area (Å²) in [6, 6.07) is 7.95. The highest BCUT2D eigenvalue weighted by atomic mass is 32.1. The number of benzene rings is 1. The summed E-state index contributed by atoms with van der Waals surface area (Å²) in [5.41, 5.74) is 13.9. The summed E-state index contributed by atoms with van der Waals surface area (Å²) in [5.74, 6) is 0.872. The Bertz CT molecular complexity index is 1030. The summed E-state index contributed by atoms with van der Waals surface area (Å²) in [6.45, 7) is 8.11. The minimum absolute atomic E-state index is 0.106. The van der Waals surface area contributed by atoms with Crippen LogP contribution in [0.15, 0.2) is 24.3 Å². The predicted octanol–water partition coefficient (Wildman–Crippen LogP) is 3.38. The number of aromatic nitrogens is 3. The van der Waals surface area contributed by atoms with Crippen LogP contribution in [0.3, 0.4) is 0 Å². The van der Waals surface area contributed by atoms with Crippen LogP contribution in [-0.4, -0.2) is 44.7 Å². The van der Waals surface area contributed by atoms with E-state index in [4.69, 9.17) is 26.0 Å². The smallest absolute Gasteiger partial charge is 0.222 e. The Labute approximate surface area is 185 Å². The van der Waals surface area contributed by atoms with Crippen molar-refractivity contribution in [3.05, 3.63) is 30.0 Å². The first-order chi connectivity index (χ1) is 14.7. The van der Waals surface area contributed by atoms with Crippen molar-refractivity contribution in [3.8, 4) is 10.6 Å². The van der Waals surface area contributed by atoms with E-state index >= 15 is 0 Å². The lowest BCUT2D eigenvalue weighted by molar-refractivity contribution is -0.162. The van der Waals surface area contributed by atoms with E-state index in [0.29, 0.717) is 11.7 Å². The third kappa shape index (κ3) is 4.36. The molecule has 2 fully saturated rings. The van der Waals surface area contributed by atoms with Gasteiger partial charge in [-0.3, -0.25) is 0 Å². The van der Waals surface area contributed by atoms with E-state index in [9.17, 15) is 0 Å². The first-order valence-electron chi connectivity index (χ1n) is 10.4. The van der Waals surface area contributed by atoms with Gasteiger partial charge in [-0.2, -0.15) is 4.98 Å². The maximum atomic E-state index is 9.17. The molecular formula is C22H29N5O3S. The molecule has 1 saturated heterocycles. The summed E-state index contributed by atoms with van der Waals surface area (Å²) in [4.78, 5) is 12.7. The number of aryl methyl sites for hydroxylation is 1. The quantitative estimate of drug-likeness (QED) is 0.550. The third-order valence-corrected chi connectivity index (χ3v) is 6.79. The van der Waals surface area contributed by atoms with E-state index in [-0.39, 0.29) is 30.7 Å². The van der Waals surface area contributed by atoms with E-state index in [1.807, 2.05) is 45.0 Å². The second kappa shape index (κ2) is 8.31. The van der Waals surface area contributed by atoms with Crippen LogP contribution in [0.5, 0.6) is 0 Å². The number of thiazole rings is 1. The maximum Gasteiger partial charge on any atom is 0.222 e. The van der Waals surface area contributed by atoms with Crippen LogP contribution < -0.4 is 11.5 Å². The number of nitrogen functional groups attached to an aromatic ring is 2. The Balaban J connectivity index is 0.000000158. The monoisotopic (exact) mass is 443 g/mol. The van der Waals surface area contributed by atoms with Crippen LogP contribution in [0.2, 0.25) is 0 Å². The molecule has 0 spiro atoms. The Kier molecular flexibility index (Phi) is 5.87. The van der Waals surface area contributed by atoms with Crippen LogP contribution >= 0.6 is 11.3 Å². The number of aliphatic hydroxyl groups excluding tert-OH is 1. The first kappa shape index (κ1) is 21.9. The van der Waals surface area contributed by atoms with E-state index in [2.05, 4.69) is 21.9 Å². The number of nitrogens with two attached hydrogens (primary N) is 2. The van der Waals surface area contributed by atoms with Gasteiger partial charge in [-0.15, -0.1) is 11.3 Å². The van der Waals surface area contributed by atoms with E-state index in [0.717, 1.165) is 32.9 Å². The Morgan fingerprint density at radius 2 is 1.84 bits per heavy atom. The summed E-state index contributed by atoms with van der Waals surface area (Å²) < 4.78 is 12.7. The number of hydrogen-bond donors (Lipinski definition) is 3. The summed E-state index contributed by atoms with van der Waals surface area (Å²) in [6.07, 6.45) is 1.31. The van der Waals surface area contributed by atoms with Crippen molar-refractivity contribution in [1.82, 2.24) is 15.0 Å². The predicted molar refractivity (Wildman–Crippen MR) is 122 cm³/mol. The minimum Gasteiger partial charge on any atom is -0.396 e. The third-order valence-electron chi connectivity index (χ3n) is 5.74. The van der Waals surface area contributed by atoms with Gasteiger partial charge in [0.05, 0.1) is 33.7 Å². The summed E-state index contributed by atoms with van der Waals surface area (Å²) in [7, 11) is 0. The van der Waals surface area contributed by atoms with Gasteiger partial charge in [0.15, 0.2) is 5.79 Å². The van der Waals surface area contributed by atoms with Crippen molar-refractivity contribution >= 4 is 33.3 Å². The fourth-order valence-corrected chi connectivity index (χ4v) is 5.48. The van der Waals surface area contributed by atoms with Gasteiger partial charge >= 0.3 is 0 Å². The number of fused-ring (bicyclic) bond motifs is 2. The fourth-order valence-electron chi connectivity index (χ4n) is 4.41. The molecule has 5 N–H and O–H groups in total. The molecule has 1 aliphatic carbocycles. The zero-order chi connectivity index (χ0) is 22.3. The topological polar surface area (TPSA) is 129 Å². The average molecular weight is 444 g/mol. The molecule has 5 rings (SSSR count). The highest BCUT2D eigenvalue weighted by Gasteiger charge is 2.51. The molecule has 3 heterocycles. The molecule has 8 nitrogen and oxygen atoms in total. The van der Waals surface area contributed by atoms with Crippen molar-refractivity contribution in [2.45, 2.75) is 52.1 Å². The summed E-state index contributed by atoms with van der Waals surface area (Å²) >= 11 is 1.57. The fraction of sp³-hybridized carbons (Fsp3) is 0.500. The zero-order valence-electron chi connectivity index (χ0n) is 18.2. The minimum atomic E-state index is -0.461. The molecule has 4 atom stereocenters. The standard InChI is InChI=1S/C12H11N5S.C10H18O3/c1-6-9(10(13)17-12(14)15-6)11-16-7-4-2-3-5-8(7)18-11;1-6-4-7(5-11)9-8(6)12-10(2,3)13-9/h2-5H,1H3,(H4,13,14,15,17);6-9,11H,4-5H2,1-3H3/t;6-,7?,8+,9-/m.1/s1. The van der Waals surface area contributed by atoms with E-state index in [1.165, 1.54) is 0 Å². The molecule has 1 aliphatic heterocycles. The number of aliphatic hydroxyl groups is 1. The van der Waals surface area contributed by atoms with Crippen LogP contribution in [0.1, 0.15) is 32.9 Å². The highest BCUT2D eigenvalue weighted by molar-refractivity contribution is 7.21. The number of ether oxygens (including phenoxy) is 2. The maximum absolute atomic E-state index is 9.17. The van der Waals surface area contributed by atoms with Crippen LogP contribution in [-0.2, 0) is 9.47 Å². The molecule has 0 radical (unpaired) electrons. The second-order valence-corrected chi connectivity index (χ2v) is 9.67. The van der Waals surface area contributed by atoms with Gasteiger partial charge in [-0.25, -0.2) is 9.97 Å². The van der Waals surface area contributed by atoms with Gasteiger partial charge in [0.1, 0.15) is 10.8 Å². The van der Waals surface area contributed by atoms with Crippen molar-refractivity contribution < 1.29 is 14.6 Å². The molecule has 31 heavy (non-hydrogen) atoms. The number of nitrogens with zero attached hydrogens (tertiary/aromatic N) is 3. The van der Waals surface area contributed by atoms with Crippen LogP contribution in [0.4, 0.5) is 11.8 Å². The lowest BCUT2D eigenvalue weighted by Gasteiger charge is -2.21. The second-order valence-electron chi connectivity index (χ2n) is 8.63. The molecular weight excluding hydrogens is 414 g/mol. The summed E-state index contributed by atoms with van der Waals surface area (Å²) in [5, 5.41) is 9.99. The van der Waals surface area contributed by atoms with Crippen molar-refractivity contribution in [2.24, 2.45) is 11.8 Å². The normalized spacial score (nSPS) is 26.5. The lowest BCUT2D eigenvalue weighted by Crippen LogP contribution is -2.26. The molecule has 0 amide bonds. The molecule has 1 aromatic carbocycles. The van der Waals surface area contributed by atoms with Crippen molar-refractivity contribution in [1.29, 1.82) is 0 Å². The largest absolute Gasteiger partial charge is 0.396 e. The molecule has 3 aromatic rings. The van der Waals surface area contributed by atoms with Crippen LogP contribution in [0.25, 0.3) is 20.8 Å². The lowest BCUT2D eigenvalue weighted by atomic mass is 10.1. The Morgan fingerprint density at radius 1 is 1.13 bits per heavy atom. The van der Waals surface area contributed by atoms with Gasteiger partial charge in [-0.05, 0) is 45.2 Å². The van der Waals surface area contributed by atoms with Gasteiger partial charge in [0.25, 0.3) is 0 Å². The number of rotatable bonds is 2. The van der Waals surface area contributed by atoms with E-state index < -0.39 is 5.79 Å².